The third kappa shape index (κ3) is 5.75. The van der Waals surface area contributed by atoms with Gasteiger partial charge in [0.1, 0.15) is 6.04 Å². The summed E-state index contributed by atoms with van der Waals surface area (Å²) < 4.78 is 48.7. The third-order valence-corrected chi connectivity index (χ3v) is 2.57. The number of carbonyl (C=O) groups excluding carboxylic acids is 1. The largest absolute Gasteiger partial charge is 0.480 e. The van der Waals surface area contributed by atoms with Crippen molar-refractivity contribution in [2.24, 2.45) is 5.92 Å². The summed E-state index contributed by atoms with van der Waals surface area (Å²) in [7, 11) is 0. The Balaban J connectivity index is 4.40. The van der Waals surface area contributed by atoms with Gasteiger partial charge in [0.05, 0.1) is 6.54 Å². The topological polar surface area (TPSA) is 78.4 Å². The van der Waals surface area contributed by atoms with Crippen LogP contribution in [0.3, 0.4) is 0 Å². The fourth-order valence-corrected chi connectivity index (χ4v) is 1.15. The molecule has 0 bridgehead atoms. The highest BCUT2D eigenvalue weighted by molar-refractivity contribution is 5.82. The van der Waals surface area contributed by atoms with E-state index in [2.05, 4.69) is 0 Å². The lowest BCUT2D eigenvalue weighted by Crippen LogP contribution is -2.52. The van der Waals surface area contributed by atoms with Crippen molar-refractivity contribution in [3.05, 3.63) is 0 Å². The summed E-state index contributed by atoms with van der Waals surface area (Å²) in [6.07, 6.45) is -3.47. The fourth-order valence-electron chi connectivity index (χ4n) is 1.15. The molecule has 19 heavy (non-hydrogen) atoms. The number of urea groups is 1. The van der Waals surface area contributed by atoms with Crippen LogP contribution >= 0.6 is 0 Å². The van der Waals surface area contributed by atoms with Crippen LogP contribution in [0.5, 0.6) is 0 Å². The van der Waals surface area contributed by atoms with Crippen LogP contribution in [0.25, 0.3) is 0 Å². The lowest BCUT2D eigenvalue weighted by molar-refractivity contribution is -0.140. The molecule has 3 N–H and O–H groups in total. The quantitative estimate of drug-likeness (QED) is 0.624. The van der Waals surface area contributed by atoms with Gasteiger partial charge in [-0.3, -0.25) is 0 Å². The number of carbonyl (C=O) groups is 2. The molecule has 0 saturated carbocycles. The van der Waals surface area contributed by atoms with Gasteiger partial charge in [-0.2, -0.15) is 8.78 Å². The summed E-state index contributed by atoms with van der Waals surface area (Å²) in [6, 6.07) is -2.50. The summed E-state index contributed by atoms with van der Waals surface area (Å²) >= 11 is 0. The molecular weight excluding hydrogens is 272 g/mol. The summed E-state index contributed by atoms with van der Waals surface area (Å²) in [5.41, 5.74) is 0. The van der Waals surface area contributed by atoms with Crippen LogP contribution in [-0.2, 0) is 4.79 Å². The lowest BCUT2D eigenvalue weighted by atomic mass is 9.99. The van der Waals surface area contributed by atoms with E-state index in [1.807, 2.05) is 5.32 Å². The predicted molar refractivity (Wildman–Crippen MR) is 58.4 cm³/mol. The molecule has 0 aliphatic carbocycles. The maximum atomic E-state index is 12.5. The number of amides is 2. The normalized spacial score (nSPS) is 14.9. The Morgan fingerprint density at radius 3 is 2.21 bits per heavy atom. The molecule has 0 aromatic heterocycles. The number of rotatable bonds is 7. The SMILES string of the molecule is CCC(C)C(NC(=O)NCC(F)(F)C(F)F)C(=O)O. The zero-order valence-electron chi connectivity index (χ0n) is 10.4. The first-order valence-corrected chi connectivity index (χ1v) is 5.55. The van der Waals surface area contributed by atoms with Crippen molar-refractivity contribution < 1.29 is 32.3 Å². The molecule has 0 aromatic carbocycles. The molecule has 0 heterocycles. The van der Waals surface area contributed by atoms with Crippen molar-refractivity contribution in [3.8, 4) is 0 Å². The second-order valence-electron chi connectivity index (χ2n) is 4.09. The number of aliphatic carboxylic acids is 1. The van der Waals surface area contributed by atoms with Crippen molar-refractivity contribution in [2.45, 2.75) is 38.7 Å². The van der Waals surface area contributed by atoms with Gasteiger partial charge < -0.3 is 15.7 Å². The van der Waals surface area contributed by atoms with Gasteiger partial charge in [-0.25, -0.2) is 18.4 Å². The zero-order chi connectivity index (χ0) is 15.2. The molecule has 2 atom stereocenters. The highest BCUT2D eigenvalue weighted by Crippen LogP contribution is 2.21. The van der Waals surface area contributed by atoms with E-state index in [1.165, 1.54) is 5.32 Å². The maximum absolute atomic E-state index is 12.5. The van der Waals surface area contributed by atoms with E-state index in [-0.39, 0.29) is 0 Å². The first-order chi connectivity index (χ1) is 8.61. The number of nitrogens with one attached hydrogen (secondary N) is 2. The molecule has 0 aromatic rings. The molecule has 9 heteroatoms. The molecule has 0 aliphatic rings. The Labute approximate surface area is 107 Å². The van der Waals surface area contributed by atoms with E-state index in [9.17, 15) is 27.2 Å². The van der Waals surface area contributed by atoms with Crippen LogP contribution in [-0.4, -0.2) is 42.0 Å². The van der Waals surface area contributed by atoms with E-state index in [1.54, 1.807) is 13.8 Å². The van der Waals surface area contributed by atoms with Gasteiger partial charge in [0.2, 0.25) is 0 Å². The number of hydrogen-bond acceptors (Lipinski definition) is 2. The zero-order valence-corrected chi connectivity index (χ0v) is 10.4. The summed E-state index contributed by atoms with van der Waals surface area (Å²) in [5.74, 6) is -6.11. The van der Waals surface area contributed by atoms with Crippen LogP contribution in [0.1, 0.15) is 20.3 Å². The van der Waals surface area contributed by atoms with E-state index >= 15 is 0 Å². The van der Waals surface area contributed by atoms with Gasteiger partial charge in [-0.05, 0) is 5.92 Å². The standard InChI is InChI=1S/C10H16F4N2O3/c1-3-5(2)6(7(17)18)16-9(19)15-4-10(13,14)8(11)12/h5-6,8H,3-4H2,1-2H3,(H,17,18)(H2,15,16,19). The Morgan fingerprint density at radius 1 is 1.32 bits per heavy atom. The average molecular weight is 288 g/mol. The number of halogens is 4. The van der Waals surface area contributed by atoms with Crippen LogP contribution in [0.2, 0.25) is 0 Å². The monoisotopic (exact) mass is 288 g/mol. The van der Waals surface area contributed by atoms with Gasteiger partial charge >= 0.3 is 24.3 Å². The van der Waals surface area contributed by atoms with Gasteiger partial charge in [0, 0.05) is 0 Å². The summed E-state index contributed by atoms with van der Waals surface area (Å²) in [5, 5.41) is 12.3. The number of carboxylic acid groups (broad SMARTS) is 1. The van der Waals surface area contributed by atoms with Crippen LogP contribution in [0, 0.1) is 5.92 Å². The van der Waals surface area contributed by atoms with Gasteiger partial charge in [-0.1, -0.05) is 20.3 Å². The van der Waals surface area contributed by atoms with Crippen LogP contribution in [0.4, 0.5) is 22.4 Å². The van der Waals surface area contributed by atoms with Gasteiger partial charge in [-0.15, -0.1) is 0 Å². The first kappa shape index (κ1) is 17.5. The van der Waals surface area contributed by atoms with Crippen molar-refractivity contribution in [1.29, 1.82) is 0 Å². The van der Waals surface area contributed by atoms with Crippen molar-refractivity contribution in [2.75, 3.05) is 6.54 Å². The van der Waals surface area contributed by atoms with E-state index < -0.39 is 42.9 Å². The van der Waals surface area contributed by atoms with Crippen LogP contribution in [0.15, 0.2) is 0 Å². The molecule has 5 nitrogen and oxygen atoms in total. The maximum Gasteiger partial charge on any atom is 0.326 e. The van der Waals surface area contributed by atoms with Crippen LogP contribution < -0.4 is 10.6 Å². The Hall–Kier alpha value is -1.54. The minimum Gasteiger partial charge on any atom is -0.480 e. The molecule has 2 amide bonds. The molecule has 0 aliphatic heterocycles. The Kier molecular flexibility index (Phi) is 6.57. The number of carboxylic acids is 1. The Morgan fingerprint density at radius 2 is 1.84 bits per heavy atom. The second kappa shape index (κ2) is 7.15. The van der Waals surface area contributed by atoms with E-state index in [0.717, 1.165) is 0 Å². The van der Waals surface area contributed by atoms with E-state index in [0.29, 0.717) is 6.42 Å². The van der Waals surface area contributed by atoms with E-state index in [4.69, 9.17) is 5.11 Å². The minimum absolute atomic E-state index is 0.432. The smallest absolute Gasteiger partial charge is 0.326 e. The second-order valence-corrected chi connectivity index (χ2v) is 4.09. The molecule has 112 valence electrons. The fraction of sp³-hybridized carbons (Fsp3) is 0.800. The average Bonchev–Trinajstić information content (AvgIpc) is 2.32. The highest BCUT2D eigenvalue weighted by Gasteiger charge is 2.41. The van der Waals surface area contributed by atoms with Crippen molar-refractivity contribution in [3.63, 3.8) is 0 Å². The summed E-state index contributed by atoms with van der Waals surface area (Å²) in [4.78, 5) is 22.0. The molecule has 0 radical (unpaired) electrons. The molecule has 0 fully saturated rings. The first-order valence-electron chi connectivity index (χ1n) is 5.55. The third-order valence-electron chi connectivity index (χ3n) is 2.57. The molecule has 0 rings (SSSR count). The molecule has 2 unspecified atom stereocenters. The number of alkyl halides is 4. The highest BCUT2D eigenvalue weighted by atomic mass is 19.3. The van der Waals surface area contributed by atoms with Crippen molar-refractivity contribution >= 4 is 12.0 Å². The summed E-state index contributed by atoms with van der Waals surface area (Å²) in [6.45, 7) is 1.67. The van der Waals surface area contributed by atoms with Gasteiger partial charge in [0.15, 0.2) is 0 Å². The minimum atomic E-state index is -4.35. The number of hydrogen-bond donors (Lipinski definition) is 3. The van der Waals surface area contributed by atoms with Gasteiger partial charge in [0.25, 0.3) is 0 Å². The predicted octanol–water partition coefficient (Wildman–Crippen LogP) is 1.69. The molecule has 0 spiro atoms. The lowest BCUT2D eigenvalue weighted by Gasteiger charge is -2.21. The van der Waals surface area contributed by atoms with Crippen molar-refractivity contribution in [1.82, 2.24) is 10.6 Å². The Bertz CT molecular complexity index is 326. The molecule has 0 saturated heterocycles. The molecular formula is C10H16F4N2O3.